The number of nitrogens with one attached hydrogen (secondary N) is 1. The zero-order chi connectivity index (χ0) is 10.7. The number of carbonyl (C=O) groups excluding carboxylic acids is 1. The second-order valence-corrected chi connectivity index (χ2v) is 3.08. The Morgan fingerprint density at radius 3 is 2.64 bits per heavy atom. The largest absolute Gasteiger partial charge is 0.359 e. The first-order valence-corrected chi connectivity index (χ1v) is 4.77. The summed E-state index contributed by atoms with van der Waals surface area (Å²) in [5, 5.41) is 0.215. The molecule has 14 heavy (non-hydrogen) atoms. The molecule has 76 valence electrons. The van der Waals surface area contributed by atoms with Gasteiger partial charge in [0.1, 0.15) is 0 Å². The van der Waals surface area contributed by atoms with Crippen molar-refractivity contribution in [3.63, 3.8) is 0 Å². The van der Waals surface area contributed by atoms with Crippen molar-refractivity contribution in [2.45, 2.75) is 11.8 Å². The average Bonchev–Trinajstić information content (AvgIpc) is 2.17. The summed E-state index contributed by atoms with van der Waals surface area (Å²) in [4.78, 5) is 24.0. The second kappa shape index (κ2) is 4.45. The van der Waals surface area contributed by atoms with Gasteiger partial charge in [-0.3, -0.25) is 9.59 Å². The van der Waals surface area contributed by atoms with E-state index in [2.05, 4.69) is 20.9 Å². The Bertz CT molecular complexity index is 403. The minimum absolute atomic E-state index is 0.145. The lowest BCUT2D eigenvalue weighted by Gasteiger charge is -2.04. The second-order valence-electron chi connectivity index (χ2n) is 2.52. The van der Waals surface area contributed by atoms with Crippen LogP contribution >= 0.6 is 15.9 Å². The van der Waals surface area contributed by atoms with Crippen LogP contribution in [0, 0.1) is 0 Å². The van der Waals surface area contributed by atoms with Gasteiger partial charge in [-0.1, -0.05) is 15.9 Å². The van der Waals surface area contributed by atoms with E-state index < -0.39 is 23.1 Å². The molecule has 0 saturated heterocycles. The first-order valence-electron chi connectivity index (χ1n) is 3.65. The molecule has 0 amide bonds. The fourth-order valence-corrected chi connectivity index (χ4v) is 1.42. The summed E-state index contributed by atoms with van der Waals surface area (Å²) in [6.45, 7) is 0. The zero-order valence-electron chi connectivity index (χ0n) is 6.89. The molecular weight excluding hydrogens is 260 g/mol. The number of H-pyrrole nitrogens is 1. The summed E-state index contributed by atoms with van der Waals surface area (Å²) in [6.07, 6.45) is -1.54. The number of aromatic nitrogens is 1. The third-order valence-corrected chi connectivity index (χ3v) is 2.31. The van der Waals surface area contributed by atoms with E-state index in [1.54, 1.807) is 0 Å². The van der Waals surface area contributed by atoms with Gasteiger partial charge in [-0.25, -0.2) is 8.78 Å². The third-order valence-electron chi connectivity index (χ3n) is 1.71. The molecule has 1 heterocycles. The highest BCUT2D eigenvalue weighted by molar-refractivity contribution is 9.08. The highest BCUT2D eigenvalue weighted by Crippen LogP contribution is 2.17. The quantitative estimate of drug-likeness (QED) is 0.672. The molecule has 0 aromatic carbocycles. The predicted molar refractivity (Wildman–Crippen MR) is 50.0 cm³/mol. The van der Waals surface area contributed by atoms with Gasteiger partial charge < -0.3 is 4.98 Å². The summed E-state index contributed by atoms with van der Waals surface area (Å²) in [6, 6.07) is 0. The Labute approximate surface area is 86.3 Å². The van der Waals surface area contributed by atoms with E-state index in [-0.39, 0.29) is 17.2 Å². The number of hydrogen-bond acceptors (Lipinski definition) is 2. The number of carbonyl (C=O) groups is 1. The maximum atomic E-state index is 12.3. The number of halogens is 3. The van der Waals surface area contributed by atoms with E-state index >= 15 is 0 Å². The van der Waals surface area contributed by atoms with Gasteiger partial charge in [0.15, 0.2) is 11.7 Å². The van der Waals surface area contributed by atoms with Crippen molar-refractivity contribution < 1.29 is 13.6 Å². The molecule has 0 bridgehead atoms. The molecule has 0 radical (unpaired) electrons. The normalized spacial score (nSPS) is 10.6. The van der Waals surface area contributed by atoms with Gasteiger partial charge in [-0.05, 0) is 0 Å². The fraction of sp³-hybridized carbons (Fsp3) is 0.250. The Balaban J connectivity index is 3.44. The van der Waals surface area contributed by atoms with Crippen molar-refractivity contribution in [2.24, 2.45) is 0 Å². The van der Waals surface area contributed by atoms with Crippen molar-refractivity contribution in [1.29, 1.82) is 0 Å². The molecule has 1 aromatic heterocycles. The number of rotatable bonds is 3. The topological polar surface area (TPSA) is 49.9 Å². The van der Waals surface area contributed by atoms with Crippen molar-refractivity contribution >= 4 is 22.2 Å². The Kier molecular flexibility index (Phi) is 3.51. The van der Waals surface area contributed by atoms with Crippen LogP contribution in [0.5, 0.6) is 0 Å². The maximum Gasteiger partial charge on any atom is 0.279 e. The van der Waals surface area contributed by atoms with E-state index in [9.17, 15) is 18.4 Å². The zero-order valence-corrected chi connectivity index (χ0v) is 8.48. The van der Waals surface area contributed by atoms with Crippen LogP contribution in [0.15, 0.2) is 11.0 Å². The molecule has 0 saturated carbocycles. The van der Waals surface area contributed by atoms with Crippen LogP contribution in [0.25, 0.3) is 0 Å². The van der Waals surface area contributed by atoms with Crippen molar-refractivity contribution in [2.75, 3.05) is 0 Å². The summed E-state index contributed by atoms with van der Waals surface area (Å²) in [7, 11) is 0. The molecule has 6 heteroatoms. The lowest BCUT2D eigenvalue weighted by molar-refractivity contribution is 0.110. The predicted octanol–water partition coefficient (Wildman–Crippen LogP) is 2.02. The average molecular weight is 266 g/mol. The van der Waals surface area contributed by atoms with Gasteiger partial charge in [0.2, 0.25) is 0 Å². The summed E-state index contributed by atoms with van der Waals surface area (Å²) in [5.41, 5.74) is -1.55. The SMILES string of the molecule is O=Cc1c(C(F)F)[nH]cc(CBr)c1=O. The lowest BCUT2D eigenvalue weighted by Crippen LogP contribution is -2.17. The monoisotopic (exact) mass is 265 g/mol. The standard InChI is InChI=1S/C8H6BrF2NO2/c9-1-4-2-12-6(8(10)11)5(3-13)7(4)14/h2-3,8H,1H2,(H,12,14). The van der Waals surface area contributed by atoms with Crippen LogP contribution < -0.4 is 5.43 Å². The molecule has 0 aliphatic rings. The number of aromatic amines is 1. The van der Waals surface area contributed by atoms with E-state index in [1.807, 2.05) is 0 Å². The number of hydrogen-bond donors (Lipinski definition) is 1. The fourth-order valence-electron chi connectivity index (χ4n) is 1.00. The Morgan fingerprint density at radius 1 is 1.57 bits per heavy atom. The van der Waals surface area contributed by atoms with Gasteiger partial charge in [0.25, 0.3) is 6.43 Å². The molecule has 0 unspecified atom stereocenters. The molecule has 0 spiro atoms. The summed E-state index contributed by atoms with van der Waals surface area (Å²) < 4.78 is 24.6. The van der Waals surface area contributed by atoms with Crippen molar-refractivity contribution in [3.05, 3.63) is 33.2 Å². The highest BCUT2D eigenvalue weighted by Gasteiger charge is 2.17. The van der Waals surface area contributed by atoms with E-state index in [4.69, 9.17) is 0 Å². The van der Waals surface area contributed by atoms with Crippen molar-refractivity contribution in [3.8, 4) is 0 Å². The van der Waals surface area contributed by atoms with Crippen LogP contribution in [0.2, 0.25) is 0 Å². The van der Waals surface area contributed by atoms with Gasteiger partial charge in [-0.2, -0.15) is 0 Å². The summed E-state index contributed by atoms with van der Waals surface area (Å²) in [5.74, 6) is 0. The minimum atomic E-state index is -2.85. The molecule has 1 N–H and O–H groups in total. The molecule has 0 atom stereocenters. The number of aldehydes is 1. The summed E-state index contributed by atoms with van der Waals surface area (Å²) >= 11 is 3.01. The molecule has 0 fully saturated rings. The first-order chi connectivity index (χ1) is 6.61. The molecule has 1 rings (SSSR count). The van der Waals surface area contributed by atoms with E-state index in [1.165, 1.54) is 6.20 Å². The highest BCUT2D eigenvalue weighted by atomic mass is 79.9. The van der Waals surface area contributed by atoms with Crippen LogP contribution in [-0.2, 0) is 5.33 Å². The lowest BCUT2D eigenvalue weighted by atomic mass is 10.1. The minimum Gasteiger partial charge on any atom is -0.359 e. The van der Waals surface area contributed by atoms with Crippen LogP contribution in [0.1, 0.15) is 28.0 Å². The number of alkyl halides is 3. The van der Waals surface area contributed by atoms with Gasteiger partial charge in [-0.15, -0.1) is 0 Å². The van der Waals surface area contributed by atoms with Crippen LogP contribution in [-0.4, -0.2) is 11.3 Å². The molecular formula is C8H6BrF2NO2. The molecule has 0 aliphatic carbocycles. The van der Waals surface area contributed by atoms with E-state index in [0.29, 0.717) is 0 Å². The van der Waals surface area contributed by atoms with Gasteiger partial charge in [0, 0.05) is 17.1 Å². The maximum absolute atomic E-state index is 12.3. The Hall–Kier alpha value is -1.04. The van der Waals surface area contributed by atoms with Crippen LogP contribution in [0.3, 0.4) is 0 Å². The number of pyridine rings is 1. The van der Waals surface area contributed by atoms with Gasteiger partial charge >= 0.3 is 0 Å². The third kappa shape index (κ3) is 1.89. The van der Waals surface area contributed by atoms with Gasteiger partial charge in [0.05, 0.1) is 11.3 Å². The Morgan fingerprint density at radius 2 is 2.21 bits per heavy atom. The van der Waals surface area contributed by atoms with E-state index in [0.717, 1.165) is 0 Å². The molecule has 1 aromatic rings. The van der Waals surface area contributed by atoms with Crippen molar-refractivity contribution in [1.82, 2.24) is 4.98 Å². The van der Waals surface area contributed by atoms with Crippen LogP contribution in [0.4, 0.5) is 8.78 Å². The molecule has 3 nitrogen and oxygen atoms in total. The molecule has 0 aliphatic heterocycles. The first kappa shape index (κ1) is 11.0. The smallest absolute Gasteiger partial charge is 0.279 e.